The van der Waals surface area contributed by atoms with E-state index in [1.807, 2.05) is 68.0 Å². The summed E-state index contributed by atoms with van der Waals surface area (Å²) >= 11 is 0. The third-order valence-corrected chi connectivity index (χ3v) is 5.89. The molecule has 2 amide bonds. The van der Waals surface area contributed by atoms with Crippen LogP contribution in [-0.4, -0.2) is 50.0 Å². The summed E-state index contributed by atoms with van der Waals surface area (Å²) in [7, 11) is 1.83. The molecule has 1 saturated heterocycles. The number of amides is 2. The van der Waals surface area contributed by atoms with Gasteiger partial charge in [0.1, 0.15) is 0 Å². The van der Waals surface area contributed by atoms with Gasteiger partial charge in [-0.25, -0.2) is 4.68 Å². The van der Waals surface area contributed by atoms with Crippen LogP contribution in [0, 0.1) is 19.8 Å². The minimum Gasteiger partial charge on any atom is -0.341 e. The fourth-order valence-corrected chi connectivity index (χ4v) is 4.30. The van der Waals surface area contributed by atoms with Gasteiger partial charge in [-0.3, -0.25) is 14.6 Å². The summed E-state index contributed by atoms with van der Waals surface area (Å²) in [6.07, 6.45) is 2.71. The number of pyridine rings is 1. The van der Waals surface area contributed by atoms with Gasteiger partial charge in [-0.1, -0.05) is 18.2 Å². The van der Waals surface area contributed by atoms with Crippen LogP contribution in [0.2, 0.25) is 0 Å². The summed E-state index contributed by atoms with van der Waals surface area (Å²) in [5, 5.41) is 4.55. The monoisotopic (exact) mass is 431 g/mol. The number of benzene rings is 1. The second-order valence-corrected chi connectivity index (χ2v) is 8.53. The Bertz CT molecular complexity index is 1110. The van der Waals surface area contributed by atoms with Crippen molar-refractivity contribution < 1.29 is 9.59 Å². The molecular formula is C25H29N5O2. The first kappa shape index (κ1) is 21.7. The van der Waals surface area contributed by atoms with Gasteiger partial charge in [-0.15, -0.1) is 0 Å². The van der Waals surface area contributed by atoms with Crippen molar-refractivity contribution in [2.45, 2.75) is 39.8 Å². The molecule has 0 N–H and O–H groups in total. The molecule has 1 aliphatic rings. The molecule has 32 heavy (non-hydrogen) atoms. The highest BCUT2D eigenvalue weighted by Gasteiger charge is 2.32. The van der Waals surface area contributed by atoms with Gasteiger partial charge in [-0.05, 0) is 56.2 Å². The van der Waals surface area contributed by atoms with E-state index in [0.717, 1.165) is 28.3 Å². The highest BCUT2D eigenvalue weighted by molar-refractivity contribution is 5.83. The van der Waals surface area contributed by atoms with E-state index in [9.17, 15) is 9.59 Å². The van der Waals surface area contributed by atoms with Gasteiger partial charge in [0, 0.05) is 38.4 Å². The smallest absolute Gasteiger partial charge is 0.227 e. The first-order chi connectivity index (χ1) is 15.4. The van der Waals surface area contributed by atoms with Crippen molar-refractivity contribution in [2.75, 3.05) is 13.6 Å². The number of carbonyl (C=O) groups excluding carboxylic acids is 2. The van der Waals surface area contributed by atoms with Gasteiger partial charge in [0.25, 0.3) is 0 Å². The van der Waals surface area contributed by atoms with E-state index in [4.69, 9.17) is 0 Å². The molecule has 7 heteroatoms. The lowest BCUT2D eigenvalue weighted by molar-refractivity contribution is -0.143. The van der Waals surface area contributed by atoms with E-state index in [2.05, 4.69) is 16.1 Å². The number of carbonyl (C=O) groups is 2. The molecule has 1 atom stereocenters. The third kappa shape index (κ3) is 4.88. The molecule has 1 fully saturated rings. The van der Waals surface area contributed by atoms with E-state index >= 15 is 0 Å². The first-order valence-electron chi connectivity index (χ1n) is 11.0. The fourth-order valence-electron chi connectivity index (χ4n) is 4.30. The number of hydrogen-bond acceptors (Lipinski definition) is 4. The molecule has 0 spiro atoms. The maximum Gasteiger partial charge on any atom is 0.227 e. The average molecular weight is 432 g/mol. The molecule has 3 heterocycles. The number of rotatable bonds is 6. The standard InChI is InChI=1S/C25H29N5O2/c1-18-13-19(2)30(27-18)23-9-6-7-20(14-23)15-28(3)25(32)21-10-11-24(31)29(16-21)17-22-8-4-5-12-26-22/h4-9,12-14,21H,10-11,15-17H2,1-3H3. The van der Waals surface area contributed by atoms with Gasteiger partial charge in [0.2, 0.25) is 11.8 Å². The van der Waals surface area contributed by atoms with Crippen molar-refractivity contribution in [3.05, 3.63) is 77.4 Å². The predicted octanol–water partition coefficient (Wildman–Crippen LogP) is 3.28. The molecule has 7 nitrogen and oxygen atoms in total. The molecule has 0 saturated carbocycles. The Morgan fingerprint density at radius 3 is 2.72 bits per heavy atom. The molecule has 0 bridgehead atoms. The van der Waals surface area contributed by atoms with Crippen LogP contribution in [0.1, 0.15) is 35.5 Å². The second kappa shape index (κ2) is 9.34. The molecular weight excluding hydrogens is 402 g/mol. The highest BCUT2D eigenvalue weighted by Crippen LogP contribution is 2.22. The molecule has 1 aromatic carbocycles. The van der Waals surface area contributed by atoms with E-state index in [1.165, 1.54) is 0 Å². The van der Waals surface area contributed by atoms with Crippen molar-refractivity contribution in [2.24, 2.45) is 5.92 Å². The lowest BCUT2D eigenvalue weighted by atomic mass is 9.95. The third-order valence-electron chi connectivity index (χ3n) is 5.89. The Hall–Kier alpha value is -3.48. The summed E-state index contributed by atoms with van der Waals surface area (Å²) < 4.78 is 1.92. The van der Waals surface area contributed by atoms with E-state index < -0.39 is 0 Å². The van der Waals surface area contributed by atoms with Gasteiger partial charge in [0.15, 0.2) is 0 Å². The van der Waals surface area contributed by atoms with Crippen molar-refractivity contribution in [1.82, 2.24) is 24.6 Å². The summed E-state index contributed by atoms with van der Waals surface area (Å²) in [6.45, 7) is 5.40. The van der Waals surface area contributed by atoms with Crippen molar-refractivity contribution >= 4 is 11.8 Å². The Kier molecular flexibility index (Phi) is 6.35. The quantitative estimate of drug-likeness (QED) is 0.601. The summed E-state index contributed by atoms with van der Waals surface area (Å²) in [5.74, 6) is -0.0411. The molecule has 1 aliphatic heterocycles. The largest absolute Gasteiger partial charge is 0.341 e. The predicted molar refractivity (Wildman–Crippen MR) is 122 cm³/mol. The van der Waals surface area contributed by atoms with Crippen LogP contribution in [0.4, 0.5) is 0 Å². The molecule has 0 aliphatic carbocycles. The Labute approximate surface area is 188 Å². The van der Waals surface area contributed by atoms with Crippen LogP contribution in [0.5, 0.6) is 0 Å². The molecule has 3 aromatic rings. The van der Waals surface area contributed by atoms with Crippen molar-refractivity contribution in [3.8, 4) is 5.69 Å². The summed E-state index contributed by atoms with van der Waals surface area (Å²) in [6, 6.07) is 15.8. The van der Waals surface area contributed by atoms with E-state index in [1.54, 1.807) is 16.0 Å². The normalized spacial score (nSPS) is 16.3. The van der Waals surface area contributed by atoms with Crippen molar-refractivity contribution in [1.29, 1.82) is 0 Å². The van der Waals surface area contributed by atoms with Gasteiger partial charge < -0.3 is 9.80 Å². The highest BCUT2D eigenvalue weighted by atomic mass is 16.2. The van der Waals surface area contributed by atoms with Gasteiger partial charge in [0.05, 0.1) is 29.5 Å². The maximum atomic E-state index is 13.2. The van der Waals surface area contributed by atoms with Crippen molar-refractivity contribution in [3.63, 3.8) is 0 Å². The lowest BCUT2D eigenvalue weighted by Crippen LogP contribution is -2.45. The van der Waals surface area contributed by atoms with Gasteiger partial charge >= 0.3 is 0 Å². The van der Waals surface area contributed by atoms with Crippen LogP contribution in [-0.2, 0) is 22.7 Å². The SMILES string of the molecule is Cc1cc(C)n(-c2cccc(CN(C)C(=O)C3CCC(=O)N(Cc4ccccn4)C3)c2)n1. The molecule has 1 unspecified atom stereocenters. The van der Waals surface area contributed by atoms with Crippen LogP contribution >= 0.6 is 0 Å². The Morgan fingerprint density at radius 1 is 1.16 bits per heavy atom. The zero-order chi connectivity index (χ0) is 22.7. The number of aromatic nitrogens is 3. The van der Waals surface area contributed by atoms with Crippen LogP contribution in [0.25, 0.3) is 5.69 Å². The van der Waals surface area contributed by atoms with E-state index in [0.29, 0.717) is 32.5 Å². The van der Waals surface area contributed by atoms with Crippen LogP contribution < -0.4 is 0 Å². The zero-order valence-corrected chi connectivity index (χ0v) is 18.9. The van der Waals surface area contributed by atoms with Crippen LogP contribution in [0.3, 0.4) is 0 Å². The molecule has 4 rings (SSSR count). The molecule has 0 radical (unpaired) electrons. The average Bonchev–Trinajstić information content (AvgIpc) is 3.13. The second-order valence-electron chi connectivity index (χ2n) is 8.53. The Balaban J connectivity index is 1.42. The topological polar surface area (TPSA) is 71.3 Å². The number of aryl methyl sites for hydroxylation is 2. The maximum absolute atomic E-state index is 13.2. The lowest BCUT2D eigenvalue weighted by Gasteiger charge is -2.33. The minimum atomic E-state index is -0.194. The Morgan fingerprint density at radius 2 is 2.00 bits per heavy atom. The number of nitrogens with zero attached hydrogens (tertiary/aromatic N) is 5. The number of likely N-dealkylation sites (tertiary alicyclic amines) is 1. The minimum absolute atomic E-state index is 0.0695. The van der Waals surface area contributed by atoms with E-state index in [-0.39, 0.29) is 17.7 Å². The first-order valence-corrected chi connectivity index (χ1v) is 11.0. The molecule has 2 aromatic heterocycles. The summed E-state index contributed by atoms with van der Waals surface area (Å²) in [5.41, 5.74) is 4.91. The summed E-state index contributed by atoms with van der Waals surface area (Å²) in [4.78, 5) is 33.4. The zero-order valence-electron chi connectivity index (χ0n) is 18.9. The fraction of sp³-hybridized carbons (Fsp3) is 0.360. The number of hydrogen-bond donors (Lipinski definition) is 0. The van der Waals surface area contributed by atoms with Gasteiger partial charge in [-0.2, -0.15) is 5.10 Å². The molecule has 166 valence electrons. The van der Waals surface area contributed by atoms with Crippen LogP contribution in [0.15, 0.2) is 54.7 Å². The number of piperidine rings is 1.